The van der Waals surface area contributed by atoms with Gasteiger partial charge in [-0.25, -0.2) is 14.8 Å². The molecule has 0 aromatic carbocycles. The van der Waals surface area contributed by atoms with Crippen molar-refractivity contribution in [2.75, 3.05) is 34.4 Å². The number of carbonyl (C=O) groups excluding carboxylic acids is 3. The Kier molecular flexibility index (Phi) is 9.98. The molecule has 1 saturated carbocycles. The smallest absolute Gasteiger partial charge is 0.434 e. The zero-order chi connectivity index (χ0) is 34.9. The molecule has 262 valence electrons. The minimum absolute atomic E-state index is 0.0413. The zero-order valence-corrected chi connectivity index (χ0v) is 28.8. The molecule has 2 amide bonds. The first-order chi connectivity index (χ1) is 23.4. The maximum absolute atomic E-state index is 14.1. The van der Waals surface area contributed by atoms with E-state index in [1.54, 1.807) is 34.4 Å². The zero-order valence-electron chi connectivity index (χ0n) is 27.2. The van der Waals surface area contributed by atoms with Crippen LogP contribution in [0.3, 0.4) is 0 Å². The van der Waals surface area contributed by atoms with Gasteiger partial charge in [-0.15, -0.1) is 22.7 Å². The predicted octanol–water partition coefficient (Wildman–Crippen LogP) is 6.50. The van der Waals surface area contributed by atoms with Crippen molar-refractivity contribution in [3.8, 4) is 33.0 Å². The second-order valence-electron chi connectivity index (χ2n) is 12.5. The topological polar surface area (TPSA) is 124 Å². The molecule has 16 heteroatoms. The quantitative estimate of drug-likeness (QED) is 0.208. The van der Waals surface area contributed by atoms with Gasteiger partial charge in [-0.2, -0.15) is 18.2 Å². The minimum atomic E-state index is -4.64. The number of carbonyl (C=O) groups is 3. The first kappa shape index (κ1) is 34.8. The Morgan fingerprint density at radius 2 is 1.92 bits per heavy atom. The third-order valence-corrected chi connectivity index (χ3v) is 11.0. The molecule has 0 unspecified atom stereocenters. The molecule has 4 atom stereocenters. The number of allylic oxidation sites excluding steroid dienone is 2. The van der Waals surface area contributed by atoms with Gasteiger partial charge >= 0.3 is 18.2 Å². The van der Waals surface area contributed by atoms with E-state index in [-0.39, 0.29) is 53.8 Å². The predicted molar refractivity (Wildman–Crippen MR) is 175 cm³/mol. The molecule has 0 spiro atoms. The average Bonchev–Trinajstić information content (AvgIpc) is 3.41. The number of esters is 1. The number of amides is 2. The lowest BCUT2D eigenvalue weighted by Gasteiger charge is -2.40. The number of aromatic nitrogens is 3. The molecule has 2 aliphatic heterocycles. The van der Waals surface area contributed by atoms with Crippen molar-refractivity contribution in [2.24, 2.45) is 11.3 Å². The SMILES string of the molecule is COC(=O)[C@]12CC(=O)[C@@H]3C[C@@H](Oc4cc(-c5sccc5OC)nc(-c5nc(C(F)(F)F)cs5)n4)CCN3C(=O)N(C)CCCC/C=C\[C@@H]1C2. The summed E-state index contributed by atoms with van der Waals surface area (Å²) in [7, 11) is 4.53. The van der Waals surface area contributed by atoms with Crippen molar-refractivity contribution in [1.29, 1.82) is 0 Å². The highest BCUT2D eigenvalue weighted by molar-refractivity contribution is 7.14. The van der Waals surface area contributed by atoms with Crippen molar-refractivity contribution in [3.63, 3.8) is 0 Å². The van der Waals surface area contributed by atoms with Gasteiger partial charge in [0.15, 0.2) is 22.3 Å². The van der Waals surface area contributed by atoms with E-state index >= 15 is 0 Å². The third kappa shape index (κ3) is 7.30. The summed E-state index contributed by atoms with van der Waals surface area (Å²) in [6, 6.07) is 2.17. The molecular weight excluding hydrogens is 684 g/mol. The van der Waals surface area contributed by atoms with Gasteiger partial charge in [0.1, 0.15) is 11.9 Å². The molecule has 1 aliphatic carbocycles. The largest absolute Gasteiger partial charge is 0.495 e. The van der Waals surface area contributed by atoms with E-state index in [4.69, 9.17) is 14.2 Å². The van der Waals surface area contributed by atoms with Crippen molar-refractivity contribution in [2.45, 2.75) is 63.3 Å². The van der Waals surface area contributed by atoms with Crippen molar-refractivity contribution >= 4 is 40.5 Å². The van der Waals surface area contributed by atoms with E-state index in [0.717, 1.165) is 36.0 Å². The molecule has 11 nitrogen and oxygen atoms in total. The van der Waals surface area contributed by atoms with E-state index in [2.05, 4.69) is 15.0 Å². The van der Waals surface area contributed by atoms with Gasteiger partial charge < -0.3 is 24.0 Å². The summed E-state index contributed by atoms with van der Waals surface area (Å²) in [5.74, 6) is -0.285. The highest BCUT2D eigenvalue weighted by atomic mass is 32.1. The maximum Gasteiger partial charge on any atom is 0.434 e. The van der Waals surface area contributed by atoms with Crippen LogP contribution in [0.1, 0.15) is 50.6 Å². The molecule has 3 aromatic heterocycles. The summed E-state index contributed by atoms with van der Waals surface area (Å²) in [5.41, 5.74) is -1.66. The van der Waals surface area contributed by atoms with Crippen LogP contribution >= 0.6 is 22.7 Å². The molecule has 0 N–H and O–H groups in total. The number of fused-ring (bicyclic) bond motifs is 2. The number of nitrogens with zero attached hydrogens (tertiary/aromatic N) is 5. The molecule has 49 heavy (non-hydrogen) atoms. The number of halogens is 3. The maximum atomic E-state index is 14.1. The number of alkyl halides is 3. The third-order valence-electron chi connectivity index (χ3n) is 9.25. The number of piperidine rings is 1. The van der Waals surface area contributed by atoms with Gasteiger partial charge in [0, 0.05) is 50.8 Å². The number of ketones is 1. The molecule has 3 aromatic rings. The van der Waals surface area contributed by atoms with Gasteiger partial charge in [-0.05, 0) is 43.0 Å². The van der Waals surface area contributed by atoms with E-state index in [0.29, 0.717) is 35.7 Å². The Morgan fingerprint density at radius 3 is 2.65 bits per heavy atom. The Labute approximate surface area is 289 Å². The summed E-state index contributed by atoms with van der Waals surface area (Å²) in [4.78, 5) is 57.2. The fourth-order valence-electron chi connectivity index (χ4n) is 6.51. The molecule has 0 bridgehead atoms. The Balaban J connectivity index is 1.31. The molecule has 1 saturated heterocycles. The van der Waals surface area contributed by atoms with E-state index < -0.39 is 35.4 Å². The van der Waals surface area contributed by atoms with Crippen LogP contribution in [0.5, 0.6) is 11.6 Å². The highest BCUT2D eigenvalue weighted by Gasteiger charge is 2.61. The van der Waals surface area contributed by atoms with Crippen LogP contribution < -0.4 is 9.47 Å². The number of thiophene rings is 1. The number of ether oxygens (including phenoxy) is 3. The first-order valence-electron chi connectivity index (χ1n) is 15.9. The van der Waals surface area contributed by atoms with Crippen LogP contribution in [0.4, 0.5) is 18.0 Å². The number of hydrogen-bond acceptors (Lipinski definition) is 11. The summed E-state index contributed by atoms with van der Waals surface area (Å²) >= 11 is 2.09. The van der Waals surface area contributed by atoms with Gasteiger partial charge in [0.05, 0.1) is 36.2 Å². The van der Waals surface area contributed by atoms with Crippen LogP contribution in [0.25, 0.3) is 21.4 Å². The molecule has 2 fully saturated rings. The lowest BCUT2D eigenvalue weighted by Crippen LogP contribution is -2.56. The Bertz CT molecular complexity index is 1740. The molecule has 6 rings (SSSR count). The number of rotatable bonds is 6. The van der Waals surface area contributed by atoms with Crippen molar-refractivity contribution in [3.05, 3.63) is 40.7 Å². The van der Waals surface area contributed by atoms with Gasteiger partial charge in [0.25, 0.3) is 0 Å². The second kappa shape index (κ2) is 14.1. The average molecular weight is 720 g/mol. The minimum Gasteiger partial charge on any atom is -0.495 e. The summed E-state index contributed by atoms with van der Waals surface area (Å²) < 4.78 is 57.2. The van der Waals surface area contributed by atoms with Crippen LogP contribution in [-0.2, 0) is 20.5 Å². The second-order valence-corrected chi connectivity index (χ2v) is 14.2. The normalized spacial score (nSPS) is 25.6. The number of thiazole rings is 1. The summed E-state index contributed by atoms with van der Waals surface area (Å²) in [6.07, 6.45) is 2.20. The Hall–Kier alpha value is -4.05. The summed E-state index contributed by atoms with van der Waals surface area (Å²) in [5, 5.41) is 2.66. The molecular formula is C33H36F3N5O6S2. The van der Waals surface area contributed by atoms with Crippen LogP contribution in [0.2, 0.25) is 0 Å². The lowest BCUT2D eigenvalue weighted by molar-refractivity contribution is -0.150. The van der Waals surface area contributed by atoms with Gasteiger partial charge in [-0.3, -0.25) is 9.59 Å². The molecule has 3 aliphatic rings. The highest BCUT2D eigenvalue weighted by Crippen LogP contribution is 2.57. The number of urea groups is 1. The number of Topliss-reactive ketones (excluding diaryl/α,β-unsaturated/α-hetero) is 1. The van der Waals surface area contributed by atoms with Crippen molar-refractivity contribution in [1.82, 2.24) is 24.8 Å². The number of methoxy groups -OCH3 is 2. The standard InChI is InChI=1S/C33H36F3N5O6S2/c1-40-11-7-5-4-6-8-19-16-32(19,30(43)46-3)17-23(42)22-14-20(9-12-41(22)31(40)44)47-26-15-21(27-24(45-2)10-13-48-27)37-28(39-26)29-38-25(18-49-29)33(34,35)36/h6,8,10,13,15,18-20,22H,4-5,7,9,11-12,14,16-17H2,1-3H3/b8-6-/t19-,20+,22+,32-/m1/s1. The van der Waals surface area contributed by atoms with E-state index in [1.807, 2.05) is 12.2 Å². The number of hydrogen-bond donors (Lipinski definition) is 0. The lowest BCUT2D eigenvalue weighted by atomic mass is 9.88. The summed E-state index contributed by atoms with van der Waals surface area (Å²) in [6.45, 7) is 0.745. The van der Waals surface area contributed by atoms with Crippen molar-refractivity contribution < 1.29 is 41.8 Å². The first-order valence-corrected chi connectivity index (χ1v) is 17.7. The fourth-order valence-corrected chi connectivity index (χ4v) is 8.09. The Morgan fingerprint density at radius 1 is 1.10 bits per heavy atom. The monoisotopic (exact) mass is 719 g/mol. The van der Waals surface area contributed by atoms with E-state index in [1.165, 1.54) is 25.6 Å². The van der Waals surface area contributed by atoms with Crippen LogP contribution in [-0.4, -0.2) is 89.0 Å². The van der Waals surface area contributed by atoms with E-state index in [9.17, 15) is 27.6 Å². The van der Waals surface area contributed by atoms with Gasteiger partial charge in [-0.1, -0.05) is 12.2 Å². The molecule has 0 radical (unpaired) electrons. The van der Waals surface area contributed by atoms with Gasteiger partial charge in [0.2, 0.25) is 5.88 Å². The molecule has 5 heterocycles. The fraction of sp³-hybridized carbons (Fsp3) is 0.515. The van der Waals surface area contributed by atoms with Crippen LogP contribution in [0.15, 0.2) is 35.0 Å². The van der Waals surface area contributed by atoms with Crippen LogP contribution in [0, 0.1) is 11.3 Å².